The number of carbonyl (C=O) groups excluding carboxylic acids is 1. The Bertz CT molecular complexity index is 1720. The Balaban J connectivity index is 1.47. The van der Waals surface area contributed by atoms with E-state index in [0.717, 1.165) is 0 Å². The van der Waals surface area contributed by atoms with Crippen LogP contribution in [0.4, 0.5) is 15.8 Å². The first-order valence-corrected chi connectivity index (χ1v) is 12.4. The number of fused-ring (bicyclic) bond motifs is 1. The van der Waals surface area contributed by atoms with Gasteiger partial charge in [-0.05, 0) is 47.9 Å². The fourth-order valence-corrected chi connectivity index (χ4v) is 4.35. The van der Waals surface area contributed by atoms with E-state index in [4.69, 9.17) is 11.1 Å². The number of hydrogen-bond donors (Lipinski definition) is 4. The highest BCUT2D eigenvalue weighted by Gasteiger charge is 2.19. The van der Waals surface area contributed by atoms with Gasteiger partial charge in [-0.25, -0.2) is 9.37 Å². The van der Waals surface area contributed by atoms with Crippen molar-refractivity contribution in [2.24, 2.45) is 5.41 Å². The molecular formula is C30H28FN7O. The van der Waals surface area contributed by atoms with Gasteiger partial charge in [0.25, 0.3) is 0 Å². The van der Waals surface area contributed by atoms with Gasteiger partial charge in [0.05, 0.1) is 34.7 Å². The number of benzene rings is 1. The lowest BCUT2D eigenvalue weighted by molar-refractivity contribution is -0.117. The standard InChI is InChI=1S/C30H28FN7O/c1-30(2,3)14-26(39)36-18-12-17(15-34-16-18)23-9-8-22(32)29(38-23)27(33)25-13-20-24(37-25)10-11-35-28(20)19-6-4-5-7-21(19)31/h4-13,15-16,33,37H,14,32H2,1-3H3,(H,36,39). The lowest BCUT2D eigenvalue weighted by Gasteiger charge is -2.17. The Kier molecular flexibility index (Phi) is 6.66. The Labute approximate surface area is 225 Å². The largest absolute Gasteiger partial charge is 0.397 e. The topological polar surface area (TPSA) is 133 Å². The molecule has 5 N–H and O–H groups in total. The molecule has 0 spiro atoms. The van der Waals surface area contributed by atoms with Crippen LogP contribution in [-0.2, 0) is 4.79 Å². The smallest absolute Gasteiger partial charge is 0.224 e. The normalized spacial score (nSPS) is 11.5. The number of nitrogen functional groups attached to an aromatic ring is 1. The van der Waals surface area contributed by atoms with Crippen LogP contribution in [0.1, 0.15) is 38.6 Å². The molecule has 0 saturated carbocycles. The summed E-state index contributed by atoms with van der Waals surface area (Å²) in [6.07, 6.45) is 5.19. The van der Waals surface area contributed by atoms with Crippen LogP contribution in [-0.4, -0.2) is 31.6 Å². The van der Waals surface area contributed by atoms with E-state index < -0.39 is 0 Å². The average Bonchev–Trinajstić information content (AvgIpc) is 3.33. The first kappa shape index (κ1) is 25.7. The van der Waals surface area contributed by atoms with Crippen LogP contribution >= 0.6 is 0 Å². The van der Waals surface area contributed by atoms with Gasteiger partial charge in [0.15, 0.2) is 0 Å². The van der Waals surface area contributed by atoms with Gasteiger partial charge in [-0.15, -0.1) is 0 Å². The molecule has 5 aromatic rings. The van der Waals surface area contributed by atoms with Gasteiger partial charge in [-0.1, -0.05) is 32.9 Å². The molecule has 1 aromatic carbocycles. The first-order valence-electron chi connectivity index (χ1n) is 12.4. The van der Waals surface area contributed by atoms with E-state index in [2.05, 4.69) is 25.3 Å². The molecule has 0 fully saturated rings. The van der Waals surface area contributed by atoms with Gasteiger partial charge in [-0.3, -0.25) is 20.2 Å². The van der Waals surface area contributed by atoms with Crippen molar-refractivity contribution >= 4 is 33.9 Å². The van der Waals surface area contributed by atoms with Crippen molar-refractivity contribution in [2.45, 2.75) is 27.2 Å². The second-order valence-electron chi connectivity index (χ2n) is 10.5. The molecule has 4 aromatic heterocycles. The molecule has 0 unspecified atom stereocenters. The number of rotatable bonds is 6. The molecule has 0 aliphatic carbocycles. The number of amides is 1. The van der Waals surface area contributed by atoms with Crippen LogP contribution in [0.25, 0.3) is 33.4 Å². The molecule has 0 atom stereocenters. The summed E-state index contributed by atoms with van der Waals surface area (Å²) in [6, 6.07) is 15.2. The fraction of sp³-hybridized carbons (Fsp3) is 0.167. The van der Waals surface area contributed by atoms with Gasteiger partial charge in [0, 0.05) is 40.8 Å². The molecule has 0 saturated heterocycles. The minimum atomic E-state index is -0.376. The number of carbonyl (C=O) groups is 1. The van der Waals surface area contributed by atoms with E-state index in [9.17, 15) is 9.18 Å². The van der Waals surface area contributed by atoms with Crippen LogP contribution in [0.5, 0.6) is 0 Å². The molecule has 0 aliphatic heterocycles. The third-order valence-electron chi connectivity index (χ3n) is 6.12. The van der Waals surface area contributed by atoms with Crippen LogP contribution in [0.2, 0.25) is 0 Å². The summed E-state index contributed by atoms with van der Waals surface area (Å²) < 4.78 is 14.5. The number of nitrogens with two attached hydrogens (primary N) is 1. The van der Waals surface area contributed by atoms with Crippen molar-refractivity contribution < 1.29 is 9.18 Å². The van der Waals surface area contributed by atoms with Crippen molar-refractivity contribution in [3.63, 3.8) is 0 Å². The predicted molar refractivity (Wildman–Crippen MR) is 152 cm³/mol. The number of halogens is 1. The van der Waals surface area contributed by atoms with Crippen LogP contribution in [0, 0.1) is 16.6 Å². The number of nitrogens with one attached hydrogen (secondary N) is 3. The number of H-pyrrole nitrogens is 1. The van der Waals surface area contributed by atoms with Crippen molar-refractivity contribution in [3.05, 3.63) is 90.4 Å². The first-order chi connectivity index (χ1) is 18.6. The number of anilines is 2. The maximum Gasteiger partial charge on any atom is 0.224 e. The van der Waals surface area contributed by atoms with Gasteiger partial charge >= 0.3 is 0 Å². The van der Waals surface area contributed by atoms with Crippen molar-refractivity contribution in [1.82, 2.24) is 19.9 Å². The third kappa shape index (κ3) is 5.52. The zero-order valence-corrected chi connectivity index (χ0v) is 21.8. The van der Waals surface area contributed by atoms with Crippen LogP contribution in [0.15, 0.2) is 73.2 Å². The third-order valence-corrected chi connectivity index (χ3v) is 6.12. The highest BCUT2D eigenvalue weighted by atomic mass is 19.1. The molecule has 9 heteroatoms. The predicted octanol–water partition coefficient (Wildman–Crippen LogP) is 6.20. The second-order valence-corrected chi connectivity index (χ2v) is 10.5. The Hall–Kier alpha value is -4.92. The summed E-state index contributed by atoms with van der Waals surface area (Å²) in [5, 5.41) is 12.5. The zero-order valence-electron chi connectivity index (χ0n) is 21.8. The maximum absolute atomic E-state index is 14.5. The molecule has 0 aliphatic rings. The van der Waals surface area contributed by atoms with Crippen molar-refractivity contribution in [1.29, 1.82) is 5.41 Å². The van der Waals surface area contributed by atoms with E-state index >= 15 is 0 Å². The lowest BCUT2D eigenvalue weighted by atomic mass is 9.92. The molecule has 1 amide bonds. The minimum Gasteiger partial charge on any atom is -0.397 e. The number of nitrogens with zero attached hydrogens (tertiary/aromatic N) is 3. The van der Waals surface area contributed by atoms with Gasteiger partial charge < -0.3 is 16.0 Å². The van der Waals surface area contributed by atoms with E-state index in [-0.39, 0.29) is 28.5 Å². The fourth-order valence-electron chi connectivity index (χ4n) is 4.35. The number of aromatic amines is 1. The molecule has 39 heavy (non-hydrogen) atoms. The summed E-state index contributed by atoms with van der Waals surface area (Å²) in [6.45, 7) is 6.00. The van der Waals surface area contributed by atoms with Gasteiger partial charge in [0.1, 0.15) is 17.2 Å². The molecular weight excluding hydrogens is 493 g/mol. The summed E-state index contributed by atoms with van der Waals surface area (Å²) in [5.41, 5.74) is 10.6. The molecule has 0 bridgehead atoms. The van der Waals surface area contributed by atoms with Crippen LogP contribution < -0.4 is 11.1 Å². The summed E-state index contributed by atoms with van der Waals surface area (Å²) >= 11 is 0. The Morgan fingerprint density at radius 3 is 2.67 bits per heavy atom. The molecule has 8 nitrogen and oxygen atoms in total. The lowest BCUT2D eigenvalue weighted by Crippen LogP contribution is -2.19. The highest BCUT2D eigenvalue weighted by Crippen LogP contribution is 2.30. The molecule has 196 valence electrons. The Morgan fingerprint density at radius 1 is 1.10 bits per heavy atom. The Morgan fingerprint density at radius 2 is 1.90 bits per heavy atom. The average molecular weight is 522 g/mol. The molecule has 0 radical (unpaired) electrons. The van der Waals surface area contributed by atoms with E-state index in [1.54, 1.807) is 67.1 Å². The summed E-state index contributed by atoms with van der Waals surface area (Å²) in [7, 11) is 0. The van der Waals surface area contributed by atoms with E-state index in [0.29, 0.717) is 56.9 Å². The number of aromatic nitrogens is 4. The summed E-state index contributed by atoms with van der Waals surface area (Å²) in [5.74, 6) is -0.475. The second kappa shape index (κ2) is 10.1. The summed E-state index contributed by atoms with van der Waals surface area (Å²) in [4.78, 5) is 28.9. The number of pyridine rings is 3. The molecule has 4 heterocycles. The van der Waals surface area contributed by atoms with Gasteiger partial charge in [0.2, 0.25) is 5.91 Å². The minimum absolute atomic E-state index is 0.0765. The van der Waals surface area contributed by atoms with Crippen molar-refractivity contribution in [3.8, 4) is 22.5 Å². The highest BCUT2D eigenvalue weighted by molar-refractivity contribution is 6.14. The van der Waals surface area contributed by atoms with Crippen LogP contribution in [0.3, 0.4) is 0 Å². The van der Waals surface area contributed by atoms with E-state index in [1.165, 1.54) is 6.07 Å². The van der Waals surface area contributed by atoms with Crippen molar-refractivity contribution in [2.75, 3.05) is 11.1 Å². The SMILES string of the molecule is CC(C)(C)CC(=O)Nc1cncc(-c2ccc(N)c(C(=N)c3cc4c(-c5ccccc5F)nccc4[nH]3)n2)c1. The molecule has 5 rings (SSSR count). The zero-order chi connectivity index (χ0) is 27.7. The van der Waals surface area contributed by atoms with E-state index in [1.807, 2.05) is 20.8 Å². The van der Waals surface area contributed by atoms with Gasteiger partial charge in [-0.2, -0.15) is 0 Å². The quantitative estimate of drug-likeness (QED) is 0.197. The number of hydrogen-bond acceptors (Lipinski definition) is 6. The monoisotopic (exact) mass is 521 g/mol. The maximum atomic E-state index is 14.5.